The van der Waals surface area contributed by atoms with Crippen LogP contribution in [-0.4, -0.2) is 42.5 Å². The predicted octanol–water partition coefficient (Wildman–Crippen LogP) is 0.463. The fourth-order valence-electron chi connectivity index (χ4n) is 2.17. The maximum Gasteiger partial charge on any atom is 0.243 e. The van der Waals surface area contributed by atoms with E-state index in [4.69, 9.17) is 23.1 Å². The number of nitrogens with zero attached hydrogens (tertiary/aromatic N) is 1. The van der Waals surface area contributed by atoms with Gasteiger partial charge in [-0.15, -0.1) is 0 Å². The smallest absolute Gasteiger partial charge is 0.243 e. The van der Waals surface area contributed by atoms with Crippen molar-refractivity contribution < 1.29 is 17.9 Å². The molecular weight excluding hydrogens is 303 g/mol. The van der Waals surface area contributed by atoms with Crippen LogP contribution in [0.3, 0.4) is 0 Å². The van der Waals surface area contributed by atoms with Gasteiger partial charge in [-0.25, -0.2) is 12.8 Å². The summed E-state index contributed by atoms with van der Waals surface area (Å²) in [6, 6.07) is 3.39. The highest BCUT2D eigenvalue weighted by Gasteiger charge is 2.32. The Balaban J connectivity index is 2.35. The highest BCUT2D eigenvalue weighted by atomic mass is 32.2. The van der Waals surface area contributed by atoms with E-state index in [0.717, 1.165) is 12.1 Å². The van der Waals surface area contributed by atoms with E-state index < -0.39 is 15.8 Å². The van der Waals surface area contributed by atoms with E-state index >= 15 is 0 Å². The lowest BCUT2D eigenvalue weighted by Gasteiger charge is -2.17. The summed E-state index contributed by atoms with van der Waals surface area (Å²) >= 11 is 4.70. The maximum absolute atomic E-state index is 13.5. The van der Waals surface area contributed by atoms with Crippen LogP contribution in [0.5, 0.6) is 0 Å². The van der Waals surface area contributed by atoms with E-state index in [9.17, 15) is 12.8 Å². The Morgan fingerprint density at radius 1 is 1.55 bits per heavy atom. The molecule has 0 aromatic heterocycles. The molecular formula is C12H15FN2O3S2. The molecule has 1 aromatic carbocycles. The molecule has 0 radical (unpaired) electrons. The molecule has 1 aliphatic rings. The fraction of sp³-hybridized carbons (Fsp3) is 0.417. The van der Waals surface area contributed by atoms with Crippen molar-refractivity contribution in [3.8, 4) is 0 Å². The highest BCUT2D eigenvalue weighted by molar-refractivity contribution is 7.89. The summed E-state index contributed by atoms with van der Waals surface area (Å²) in [5, 5.41) is 9.07. The largest absolute Gasteiger partial charge is 0.396 e. The number of hydrogen-bond donors (Lipinski definition) is 2. The van der Waals surface area contributed by atoms with Gasteiger partial charge < -0.3 is 10.8 Å². The number of hydrogen-bond acceptors (Lipinski definition) is 4. The molecule has 20 heavy (non-hydrogen) atoms. The Bertz CT molecular complexity index is 634. The van der Waals surface area contributed by atoms with Crippen LogP contribution in [0.15, 0.2) is 23.1 Å². The van der Waals surface area contributed by atoms with Crippen molar-refractivity contribution >= 4 is 27.2 Å². The van der Waals surface area contributed by atoms with Gasteiger partial charge in [-0.2, -0.15) is 4.31 Å². The van der Waals surface area contributed by atoms with Crippen molar-refractivity contribution in [1.82, 2.24) is 4.31 Å². The summed E-state index contributed by atoms with van der Waals surface area (Å²) in [6.07, 6.45) is 0.610. The Kier molecular flexibility index (Phi) is 4.38. The molecule has 0 amide bonds. The fourth-order valence-corrected chi connectivity index (χ4v) is 3.88. The van der Waals surface area contributed by atoms with Gasteiger partial charge in [-0.1, -0.05) is 12.2 Å². The second kappa shape index (κ2) is 5.72. The van der Waals surface area contributed by atoms with Gasteiger partial charge in [0.15, 0.2) is 0 Å². The normalized spacial score (nSPS) is 20.2. The molecule has 1 unspecified atom stereocenters. The van der Waals surface area contributed by atoms with Crippen LogP contribution in [0.1, 0.15) is 12.0 Å². The second-order valence-corrected chi connectivity index (χ2v) is 7.08. The Labute approximate surface area is 122 Å². The van der Waals surface area contributed by atoms with Gasteiger partial charge in [0.1, 0.15) is 10.8 Å². The maximum atomic E-state index is 13.5. The molecule has 1 saturated heterocycles. The minimum absolute atomic E-state index is 0.0414. The molecule has 0 bridgehead atoms. The number of sulfonamides is 1. The average molecular weight is 318 g/mol. The highest BCUT2D eigenvalue weighted by Crippen LogP contribution is 2.25. The monoisotopic (exact) mass is 318 g/mol. The lowest BCUT2D eigenvalue weighted by Crippen LogP contribution is -2.29. The van der Waals surface area contributed by atoms with E-state index in [1.807, 2.05) is 0 Å². The first-order valence-electron chi connectivity index (χ1n) is 6.06. The zero-order chi connectivity index (χ0) is 14.9. The van der Waals surface area contributed by atoms with Crippen molar-refractivity contribution in [3.05, 3.63) is 29.6 Å². The van der Waals surface area contributed by atoms with Gasteiger partial charge in [0, 0.05) is 25.3 Å². The summed E-state index contributed by atoms with van der Waals surface area (Å²) in [7, 11) is -3.71. The van der Waals surface area contributed by atoms with E-state index in [0.29, 0.717) is 13.0 Å². The number of nitrogens with two attached hydrogens (primary N) is 1. The Hall–Kier alpha value is -1.09. The standard InChI is InChI=1S/C12H15FN2O3S2/c13-11-2-1-9(5-10(11)12(14)19)20(17,18)15-4-3-8(6-15)7-16/h1-2,5,8,16H,3-4,6-7H2,(H2,14,19). The number of aliphatic hydroxyl groups is 1. The third-order valence-corrected chi connectivity index (χ3v) is 5.43. The van der Waals surface area contributed by atoms with Crippen LogP contribution in [0, 0.1) is 11.7 Å². The summed E-state index contributed by atoms with van der Waals surface area (Å²) in [6.45, 7) is 0.555. The first-order valence-corrected chi connectivity index (χ1v) is 7.91. The van der Waals surface area contributed by atoms with Gasteiger partial charge in [0.2, 0.25) is 10.0 Å². The second-order valence-electron chi connectivity index (χ2n) is 4.71. The number of rotatable bonds is 4. The molecule has 0 saturated carbocycles. The van der Waals surface area contributed by atoms with Crippen LogP contribution < -0.4 is 5.73 Å². The van der Waals surface area contributed by atoms with Gasteiger partial charge in [-0.3, -0.25) is 0 Å². The lowest BCUT2D eigenvalue weighted by molar-refractivity contribution is 0.233. The van der Waals surface area contributed by atoms with Gasteiger partial charge in [-0.05, 0) is 30.5 Å². The predicted molar refractivity (Wildman–Crippen MR) is 76.2 cm³/mol. The zero-order valence-electron chi connectivity index (χ0n) is 10.6. The first-order chi connectivity index (χ1) is 9.36. The molecule has 0 aliphatic carbocycles. The van der Waals surface area contributed by atoms with Crippen molar-refractivity contribution in [2.75, 3.05) is 19.7 Å². The van der Waals surface area contributed by atoms with E-state index in [1.165, 1.54) is 10.4 Å². The molecule has 3 N–H and O–H groups in total. The number of halogens is 1. The van der Waals surface area contributed by atoms with Crippen molar-refractivity contribution in [2.45, 2.75) is 11.3 Å². The topological polar surface area (TPSA) is 83.6 Å². The zero-order valence-corrected chi connectivity index (χ0v) is 12.3. The van der Waals surface area contributed by atoms with E-state index in [2.05, 4.69) is 0 Å². The molecule has 110 valence electrons. The number of thiocarbonyl (C=S) groups is 1. The number of aliphatic hydroxyl groups excluding tert-OH is 1. The first kappa shape index (κ1) is 15.3. The van der Waals surface area contributed by atoms with Crippen LogP contribution in [0.25, 0.3) is 0 Å². The van der Waals surface area contributed by atoms with Crippen LogP contribution in [-0.2, 0) is 10.0 Å². The Morgan fingerprint density at radius 3 is 2.80 bits per heavy atom. The summed E-state index contributed by atoms with van der Waals surface area (Å²) in [5.74, 6) is -0.702. The SMILES string of the molecule is NC(=S)c1cc(S(=O)(=O)N2CCC(CO)C2)ccc1F. The molecule has 1 aliphatic heterocycles. The molecule has 2 rings (SSSR count). The molecule has 5 nitrogen and oxygen atoms in total. The Morgan fingerprint density at radius 2 is 2.25 bits per heavy atom. The number of benzene rings is 1. The molecule has 1 fully saturated rings. The molecule has 1 atom stereocenters. The quantitative estimate of drug-likeness (QED) is 0.788. The summed E-state index contributed by atoms with van der Waals surface area (Å²) in [5.41, 5.74) is 5.29. The van der Waals surface area contributed by atoms with Crippen molar-refractivity contribution in [2.24, 2.45) is 11.7 Å². The summed E-state index contributed by atoms with van der Waals surface area (Å²) in [4.78, 5) is -0.227. The summed E-state index contributed by atoms with van der Waals surface area (Å²) < 4.78 is 39.6. The van der Waals surface area contributed by atoms with Gasteiger partial charge in [0.25, 0.3) is 0 Å². The van der Waals surface area contributed by atoms with Crippen molar-refractivity contribution in [3.63, 3.8) is 0 Å². The van der Waals surface area contributed by atoms with Crippen LogP contribution in [0.4, 0.5) is 4.39 Å². The third-order valence-electron chi connectivity index (χ3n) is 3.35. The van der Waals surface area contributed by atoms with Crippen molar-refractivity contribution in [1.29, 1.82) is 0 Å². The average Bonchev–Trinajstić information content (AvgIpc) is 2.88. The van der Waals surface area contributed by atoms with E-state index in [1.54, 1.807) is 0 Å². The van der Waals surface area contributed by atoms with Gasteiger partial charge >= 0.3 is 0 Å². The van der Waals surface area contributed by atoms with Crippen LogP contribution in [0.2, 0.25) is 0 Å². The lowest BCUT2D eigenvalue weighted by atomic mass is 10.1. The molecule has 1 heterocycles. The molecule has 1 aromatic rings. The minimum Gasteiger partial charge on any atom is -0.396 e. The molecule has 8 heteroatoms. The van der Waals surface area contributed by atoms with Crippen LogP contribution >= 0.6 is 12.2 Å². The third kappa shape index (κ3) is 2.83. The van der Waals surface area contributed by atoms with E-state index in [-0.39, 0.29) is 34.5 Å². The minimum atomic E-state index is -3.71. The van der Waals surface area contributed by atoms with Gasteiger partial charge in [0.05, 0.1) is 4.90 Å². The molecule has 0 spiro atoms.